The molecule has 156 valence electrons. The van der Waals surface area contributed by atoms with Gasteiger partial charge in [0.2, 0.25) is 0 Å². The van der Waals surface area contributed by atoms with Crippen LogP contribution in [0.15, 0.2) is 55.2 Å². The first kappa shape index (κ1) is 22.2. The summed E-state index contributed by atoms with van der Waals surface area (Å²) in [4.78, 5) is 28.8. The zero-order valence-electron chi connectivity index (χ0n) is 16.6. The van der Waals surface area contributed by atoms with Crippen molar-refractivity contribution in [1.82, 2.24) is 9.66 Å². The third kappa shape index (κ3) is 5.34. The summed E-state index contributed by atoms with van der Waals surface area (Å²) in [7, 11) is 0. The molecule has 30 heavy (non-hydrogen) atoms. The van der Waals surface area contributed by atoms with Gasteiger partial charge < -0.3 is 9.47 Å². The molecule has 0 saturated heterocycles. The number of rotatable bonds is 6. The van der Waals surface area contributed by atoms with Crippen molar-refractivity contribution in [3.8, 4) is 5.75 Å². The Morgan fingerprint density at radius 3 is 2.70 bits per heavy atom. The minimum atomic E-state index is -0.437. The van der Waals surface area contributed by atoms with E-state index in [0.29, 0.717) is 26.9 Å². The van der Waals surface area contributed by atoms with Gasteiger partial charge >= 0.3 is 5.97 Å². The fraction of sp³-hybridized carbons (Fsp3) is 0.238. The van der Waals surface area contributed by atoms with Crippen molar-refractivity contribution in [1.29, 1.82) is 0 Å². The van der Waals surface area contributed by atoms with E-state index in [1.54, 1.807) is 57.3 Å². The van der Waals surface area contributed by atoms with Gasteiger partial charge in [-0.2, -0.15) is 9.78 Å². The molecule has 2 aromatic carbocycles. The number of hydrogen-bond acceptors (Lipinski definition) is 6. The van der Waals surface area contributed by atoms with E-state index < -0.39 is 5.97 Å². The van der Waals surface area contributed by atoms with Crippen molar-refractivity contribution in [2.75, 3.05) is 6.61 Å². The predicted molar refractivity (Wildman–Crippen MR) is 122 cm³/mol. The maximum atomic E-state index is 12.8. The van der Waals surface area contributed by atoms with E-state index in [4.69, 9.17) is 9.47 Å². The van der Waals surface area contributed by atoms with E-state index >= 15 is 0 Å². The topological polar surface area (TPSA) is 82.8 Å². The van der Waals surface area contributed by atoms with Crippen molar-refractivity contribution in [2.45, 2.75) is 26.9 Å². The van der Waals surface area contributed by atoms with Gasteiger partial charge in [0, 0.05) is 4.47 Å². The molecule has 1 aromatic heterocycles. The number of benzene rings is 2. The zero-order valence-corrected chi connectivity index (χ0v) is 19.7. The predicted octanol–water partition coefficient (Wildman–Crippen LogP) is 4.44. The molecule has 3 rings (SSSR count). The fourth-order valence-corrected chi connectivity index (χ4v) is 3.54. The summed E-state index contributed by atoms with van der Waals surface area (Å²) >= 11 is 6.79. The first-order chi connectivity index (χ1) is 14.2. The van der Waals surface area contributed by atoms with E-state index in [1.807, 2.05) is 6.07 Å². The van der Waals surface area contributed by atoms with Gasteiger partial charge in [0.15, 0.2) is 6.61 Å². The summed E-state index contributed by atoms with van der Waals surface area (Å²) in [5, 5.41) is 4.78. The average molecular weight is 537 g/mol. The maximum Gasteiger partial charge on any atom is 0.344 e. The summed E-state index contributed by atoms with van der Waals surface area (Å²) in [6, 6.07) is 10.6. The molecule has 0 saturated carbocycles. The van der Waals surface area contributed by atoms with Crippen LogP contribution in [0, 0.1) is 6.92 Å². The summed E-state index contributed by atoms with van der Waals surface area (Å²) in [6.45, 7) is 5.10. The van der Waals surface area contributed by atoms with Crippen LogP contribution in [0.1, 0.15) is 25.2 Å². The molecular weight excluding hydrogens is 518 g/mol. The SMILES string of the molecule is Cc1nc2ccc(Br)cc2c(=O)n1N=Cc1ccc(OCC(=O)OC(C)C)c(Br)c1. The summed E-state index contributed by atoms with van der Waals surface area (Å²) in [5.41, 5.74) is 1.10. The van der Waals surface area contributed by atoms with Crippen molar-refractivity contribution in [3.63, 3.8) is 0 Å². The van der Waals surface area contributed by atoms with Crippen LogP contribution in [0.5, 0.6) is 5.75 Å². The van der Waals surface area contributed by atoms with Crippen molar-refractivity contribution < 1.29 is 14.3 Å². The number of esters is 1. The van der Waals surface area contributed by atoms with Crippen LogP contribution in [-0.4, -0.2) is 34.6 Å². The lowest BCUT2D eigenvalue weighted by Crippen LogP contribution is -2.20. The Morgan fingerprint density at radius 2 is 2.00 bits per heavy atom. The van der Waals surface area contributed by atoms with Crippen molar-refractivity contribution in [2.24, 2.45) is 5.10 Å². The highest BCUT2D eigenvalue weighted by atomic mass is 79.9. The van der Waals surface area contributed by atoms with E-state index in [9.17, 15) is 9.59 Å². The third-order valence-corrected chi connectivity index (χ3v) is 5.07. The Kier molecular flexibility index (Phi) is 7.04. The molecule has 0 unspecified atom stereocenters. The highest BCUT2D eigenvalue weighted by molar-refractivity contribution is 9.10. The second-order valence-electron chi connectivity index (χ2n) is 6.70. The van der Waals surface area contributed by atoms with Gasteiger partial charge in [-0.05, 0) is 78.7 Å². The molecule has 0 spiro atoms. The molecule has 9 heteroatoms. The smallest absolute Gasteiger partial charge is 0.344 e. The van der Waals surface area contributed by atoms with Gasteiger partial charge in [0.25, 0.3) is 5.56 Å². The Balaban J connectivity index is 1.81. The van der Waals surface area contributed by atoms with Crippen LogP contribution in [0.4, 0.5) is 0 Å². The molecule has 0 radical (unpaired) electrons. The lowest BCUT2D eigenvalue weighted by atomic mass is 10.2. The zero-order chi connectivity index (χ0) is 21.8. The van der Waals surface area contributed by atoms with Crippen LogP contribution in [0.3, 0.4) is 0 Å². The lowest BCUT2D eigenvalue weighted by molar-refractivity contribution is -0.149. The van der Waals surface area contributed by atoms with Crippen LogP contribution in [-0.2, 0) is 9.53 Å². The summed E-state index contributed by atoms with van der Waals surface area (Å²) < 4.78 is 13.2. The van der Waals surface area contributed by atoms with Gasteiger partial charge in [-0.3, -0.25) is 4.79 Å². The molecule has 0 aliphatic heterocycles. The molecule has 0 fully saturated rings. The van der Waals surface area contributed by atoms with Gasteiger partial charge in [-0.25, -0.2) is 9.78 Å². The average Bonchev–Trinajstić information content (AvgIpc) is 2.67. The standard InChI is InChI=1S/C21H19Br2N3O4/c1-12(2)30-20(27)11-29-19-7-4-14(8-17(19)23)10-24-26-13(3)25-18-6-5-15(22)9-16(18)21(26)28/h4-10,12H,11H2,1-3H3. The van der Waals surface area contributed by atoms with E-state index in [-0.39, 0.29) is 18.3 Å². The van der Waals surface area contributed by atoms with Crippen LogP contribution in [0.25, 0.3) is 10.9 Å². The second kappa shape index (κ2) is 9.53. The number of hydrogen-bond donors (Lipinski definition) is 0. The van der Waals surface area contributed by atoms with Gasteiger partial charge in [-0.15, -0.1) is 0 Å². The Labute approximate surface area is 190 Å². The molecule has 7 nitrogen and oxygen atoms in total. The number of aryl methyl sites for hydroxylation is 1. The Morgan fingerprint density at radius 1 is 1.23 bits per heavy atom. The Hall–Kier alpha value is -2.52. The number of carbonyl (C=O) groups excluding carboxylic acids is 1. The van der Waals surface area contributed by atoms with Gasteiger partial charge in [-0.1, -0.05) is 15.9 Å². The molecule has 0 amide bonds. The maximum absolute atomic E-state index is 12.8. The normalized spacial score (nSPS) is 11.4. The molecule has 0 bridgehead atoms. The van der Waals surface area contributed by atoms with E-state index in [0.717, 1.165) is 10.0 Å². The molecule has 1 heterocycles. The molecule has 0 atom stereocenters. The van der Waals surface area contributed by atoms with Crippen molar-refractivity contribution >= 4 is 54.9 Å². The quantitative estimate of drug-likeness (QED) is 0.343. The molecular formula is C21H19Br2N3O4. The van der Waals surface area contributed by atoms with Crippen LogP contribution < -0.4 is 10.3 Å². The highest BCUT2D eigenvalue weighted by Crippen LogP contribution is 2.25. The monoisotopic (exact) mass is 535 g/mol. The number of fused-ring (bicyclic) bond motifs is 1. The highest BCUT2D eigenvalue weighted by Gasteiger charge is 2.10. The minimum Gasteiger partial charge on any atom is -0.481 e. The summed E-state index contributed by atoms with van der Waals surface area (Å²) in [6.07, 6.45) is 1.36. The third-order valence-electron chi connectivity index (χ3n) is 3.96. The largest absolute Gasteiger partial charge is 0.481 e. The van der Waals surface area contributed by atoms with Crippen molar-refractivity contribution in [3.05, 3.63) is 67.1 Å². The van der Waals surface area contributed by atoms with Crippen LogP contribution >= 0.6 is 31.9 Å². The first-order valence-electron chi connectivity index (χ1n) is 9.09. The molecule has 0 aliphatic rings. The number of ether oxygens (including phenoxy) is 2. The number of halogens is 2. The number of carbonyl (C=O) groups is 1. The van der Waals surface area contributed by atoms with E-state index in [2.05, 4.69) is 41.9 Å². The number of nitrogens with zero attached hydrogens (tertiary/aromatic N) is 3. The van der Waals surface area contributed by atoms with Gasteiger partial charge in [0.05, 0.1) is 27.7 Å². The summed E-state index contributed by atoms with van der Waals surface area (Å²) in [5.74, 6) is 0.542. The fourth-order valence-electron chi connectivity index (χ4n) is 2.67. The number of aromatic nitrogens is 2. The minimum absolute atomic E-state index is 0.183. The lowest BCUT2D eigenvalue weighted by Gasteiger charge is -2.10. The molecule has 0 aliphatic carbocycles. The first-order valence-corrected chi connectivity index (χ1v) is 10.7. The second-order valence-corrected chi connectivity index (χ2v) is 8.47. The Bertz CT molecular complexity index is 1190. The van der Waals surface area contributed by atoms with Crippen LogP contribution in [0.2, 0.25) is 0 Å². The molecule has 3 aromatic rings. The van der Waals surface area contributed by atoms with Gasteiger partial charge in [0.1, 0.15) is 11.6 Å². The van der Waals surface area contributed by atoms with E-state index in [1.165, 1.54) is 4.68 Å². The molecule has 0 N–H and O–H groups in total.